The van der Waals surface area contributed by atoms with Gasteiger partial charge >= 0.3 is 39.5 Å². The number of rotatable bonds is 64. The van der Waals surface area contributed by atoms with Crippen molar-refractivity contribution in [2.75, 3.05) is 39.6 Å². The van der Waals surface area contributed by atoms with Crippen LogP contribution in [0.5, 0.6) is 0 Å². The number of hydrogen-bond acceptors (Lipinski definition) is 15. The molecule has 0 aliphatic heterocycles. The molecule has 17 nitrogen and oxygen atoms in total. The number of phosphoric ester groups is 2. The van der Waals surface area contributed by atoms with Crippen LogP contribution in [0.1, 0.15) is 324 Å². The number of carbonyl (C=O) groups is 4. The van der Waals surface area contributed by atoms with Gasteiger partial charge in [-0.15, -0.1) is 0 Å². The van der Waals surface area contributed by atoms with Crippen molar-refractivity contribution in [3.05, 3.63) is 0 Å². The summed E-state index contributed by atoms with van der Waals surface area (Å²) < 4.78 is 67.9. The van der Waals surface area contributed by atoms with E-state index in [0.717, 1.165) is 108 Å². The first-order valence-electron chi connectivity index (χ1n) is 34.0. The third-order valence-electron chi connectivity index (χ3n) is 15.0. The van der Waals surface area contributed by atoms with Gasteiger partial charge in [-0.2, -0.15) is 0 Å². The molecule has 0 spiro atoms. The maximum atomic E-state index is 13.0. The van der Waals surface area contributed by atoms with Crippen molar-refractivity contribution in [3.63, 3.8) is 0 Å². The van der Waals surface area contributed by atoms with Gasteiger partial charge in [0.1, 0.15) is 19.3 Å². The molecule has 0 aliphatic carbocycles. The molecule has 5 atom stereocenters. The standard InChI is InChI=1S/C65H126O17P2/c1-7-9-11-13-14-15-16-20-25-31-37-43-49-64(69)81-60(53-75-62(67)47-41-33-12-10-8-2)55-79-83(71,72)77-51-59(66)52-78-84(73,74)80-56-61(54-76-63(68)48-42-36-30-27-22-24-29-35-40-46-58(5)6)82-65(70)50-44-38-32-26-21-18-17-19-23-28-34-39-45-57(3)4/h57-61,66H,7-56H2,1-6H3,(H,71,72)(H,73,74)/t59-,60+,61+/m0/s1. The average Bonchev–Trinajstić information content (AvgIpc) is 3.57. The second-order valence-electron chi connectivity index (χ2n) is 24.5. The van der Waals surface area contributed by atoms with E-state index < -0.39 is 97.5 Å². The molecule has 0 fully saturated rings. The molecule has 0 aromatic rings. The van der Waals surface area contributed by atoms with Gasteiger partial charge < -0.3 is 33.8 Å². The Hall–Kier alpha value is -1.94. The number of phosphoric acid groups is 2. The zero-order valence-electron chi connectivity index (χ0n) is 54.2. The number of unbranched alkanes of at least 4 members (excludes halogenated alkanes) is 34. The highest BCUT2D eigenvalue weighted by Crippen LogP contribution is 2.45. The monoisotopic (exact) mass is 1240 g/mol. The maximum Gasteiger partial charge on any atom is 0.472 e. The van der Waals surface area contributed by atoms with Gasteiger partial charge in [-0.25, -0.2) is 9.13 Å². The highest BCUT2D eigenvalue weighted by Gasteiger charge is 2.30. The van der Waals surface area contributed by atoms with Crippen molar-refractivity contribution in [2.45, 2.75) is 342 Å². The molecular weight excluding hydrogens is 1110 g/mol. The summed E-state index contributed by atoms with van der Waals surface area (Å²) in [7, 11) is -9.88. The van der Waals surface area contributed by atoms with Gasteiger partial charge in [0, 0.05) is 25.7 Å². The quantitative estimate of drug-likeness (QED) is 0.0222. The minimum atomic E-state index is -4.94. The van der Waals surface area contributed by atoms with E-state index in [2.05, 4.69) is 41.5 Å². The zero-order valence-corrected chi connectivity index (χ0v) is 56.0. The first-order valence-corrected chi connectivity index (χ1v) is 37.0. The molecule has 19 heteroatoms. The number of aliphatic hydroxyl groups is 1. The van der Waals surface area contributed by atoms with Gasteiger partial charge in [0.05, 0.1) is 26.4 Å². The number of esters is 4. The summed E-state index contributed by atoms with van der Waals surface area (Å²) in [6.45, 7) is 9.41. The highest BCUT2D eigenvalue weighted by atomic mass is 31.2. The molecule has 0 heterocycles. The lowest BCUT2D eigenvalue weighted by atomic mass is 10.0. The summed E-state index contributed by atoms with van der Waals surface area (Å²) in [4.78, 5) is 72.0. The van der Waals surface area contributed by atoms with E-state index in [-0.39, 0.29) is 25.7 Å². The second kappa shape index (κ2) is 57.5. The number of ether oxygens (including phenoxy) is 4. The van der Waals surface area contributed by atoms with E-state index in [1.54, 1.807) is 0 Å². The van der Waals surface area contributed by atoms with Gasteiger partial charge in [0.2, 0.25) is 0 Å². The predicted molar refractivity (Wildman–Crippen MR) is 335 cm³/mol. The molecule has 0 aromatic heterocycles. The van der Waals surface area contributed by atoms with Crippen molar-refractivity contribution in [2.24, 2.45) is 11.8 Å². The van der Waals surface area contributed by atoms with Gasteiger partial charge in [-0.3, -0.25) is 37.3 Å². The minimum Gasteiger partial charge on any atom is -0.462 e. The Labute approximate surface area is 511 Å². The summed E-state index contributed by atoms with van der Waals surface area (Å²) in [5.41, 5.74) is 0. The number of carbonyl (C=O) groups excluding carboxylic acids is 4. The Bertz CT molecular complexity index is 1650. The van der Waals surface area contributed by atoms with Crippen LogP contribution < -0.4 is 0 Å². The number of aliphatic hydroxyl groups excluding tert-OH is 1. The van der Waals surface area contributed by atoms with Crippen molar-refractivity contribution in [3.8, 4) is 0 Å². The molecule has 0 saturated heterocycles. The third kappa shape index (κ3) is 59.0. The van der Waals surface area contributed by atoms with Crippen molar-refractivity contribution in [1.82, 2.24) is 0 Å². The summed E-state index contributed by atoms with van der Waals surface area (Å²) in [6, 6.07) is 0. The summed E-state index contributed by atoms with van der Waals surface area (Å²) in [5, 5.41) is 10.5. The highest BCUT2D eigenvalue weighted by molar-refractivity contribution is 7.47. The lowest BCUT2D eigenvalue weighted by molar-refractivity contribution is -0.161. The van der Waals surface area contributed by atoms with E-state index in [9.17, 15) is 43.2 Å². The Balaban J connectivity index is 5.17. The van der Waals surface area contributed by atoms with E-state index in [0.29, 0.717) is 25.7 Å². The topological polar surface area (TPSA) is 237 Å². The van der Waals surface area contributed by atoms with Gasteiger partial charge in [0.25, 0.3) is 0 Å². The van der Waals surface area contributed by atoms with Crippen molar-refractivity contribution in [1.29, 1.82) is 0 Å². The first kappa shape index (κ1) is 82.1. The fourth-order valence-corrected chi connectivity index (χ4v) is 11.3. The van der Waals surface area contributed by atoms with Crippen molar-refractivity contribution < 1.29 is 80.2 Å². The predicted octanol–water partition coefficient (Wildman–Crippen LogP) is 18.0. The fourth-order valence-electron chi connectivity index (χ4n) is 9.71. The molecule has 2 unspecified atom stereocenters. The van der Waals surface area contributed by atoms with Crippen LogP contribution in [-0.4, -0.2) is 96.7 Å². The SMILES string of the molecule is CCCCCCCCCCCCCCC(=O)O[C@H](COC(=O)CCCCCCC)COP(=O)(O)OC[C@H](O)COP(=O)(O)OC[C@@H](COC(=O)CCCCCCCCCCCC(C)C)OC(=O)CCCCCCCCCCCCCCC(C)C. The normalized spacial score (nSPS) is 14.3. The zero-order chi connectivity index (χ0) is 62.2. The molecule has 0 rings (SSSR count). The average molecular weight is 1240 g/mol. The lowest BCUT2D eigenvalue weighted by Crippen LogP contribution is -2.30. The third-order valence-corrected chi connectivity index (χ3v) is 16.9. The van der Waals surface area contributed by atoms with E-state index in [4.69, 9.17) is 37.0 Å². The van der Waals surface area contributed by atoms with Gasteiger partial charge in [0.15, 0.2) is 12.2 Å². The molecular formula is C65H126O17P2. The smallest absolute Gasteiger partial charge is 0.462 e. The Kier molecular flexibility index (Phi) is 56.2. The van der Waals surface area contributed by atoms with Gasteiger partial charge in [-0.05, 0) is 37.5 Å². The fraction of sp³-hybridized carbons (Fsp3) is 0.938. The Morgan fingerprint density at radius 1 is 0.321 bits per heavy atom. The number of hydrogen-bond donors (Lipinski definition) is 3. The summed E-state index contributed by atoms with van der Waals surface area (Å²) in [5.74, 6) is -0.621. The molecule has 498 valence electrons. The Morgan fingerprint density at radius 3 is 0.810 bits per heavy atom. The summed E-state index contributed by atoms with van der Waals surface area (Å²) in [6.07, 6.45) is 40.6. The van der Waals surface area contributed by atoms with Gasteiger partial charge in [-0.1, -0.05) is 273 Å². The molecule has 0 radical (unpaired) electrons. The Morgan fingerprint density at radius 2 is 0.548 bits per heavy atom. The summed E-state index contributed by atoms with van der Waals surface area (Å²) >= 11 is 0. The molecule has 0 saturated carbocycles. The van der Waals surface area contributed by atoms with Crippen LogP contribution >= 0.6 is 15.6 Å². The van der Waals surface area contributed by atoms with Crippen LogP contribution in [0.2, 0.25) is 0 Å². The van der Waals surface area contributed by atoms with Crippen LogP contribution in [0.3, 0.4) is 0 Å². The maximum absolute atomic E-state index is 13.0. The van der Waals surface area contributed by atoms with Crippen LogP contribution in [0.4, 0.5) is 0 Å². The van der Waals surface area contributed by atoms with Crippen LogP contribution in [0.15, 0.2) is 0 Å². The van der Waals surface area contributed by atoms with Crippen LogP contribution in [0, 0.1) is 11.8 Å². The largest absolute Gasteiger partial charge is 0.472 e. The van der Waals surface area contributed by atoms with Crippen molar-refractivity contribution >= 4 is 39.5 Å². The second-order valence-corrected chi connectivity index (χ2v) is 27.4. The van der Waals surface area contributed by atoms with Crippen LogP contribution in [0.25, 0.3) is 0 Å². The lowest BCUT2D eigenvalue weighted by Gasteiger charge is -2.21. The molecule has 3 N–H and O–H groups in total. The molecule has 0 bridgehead atoms. The molecule has 0 aliphatic rings. The van der Waals surface area contributed by atoms with E-state index in [1.807, 2.05) is 0 Å². The first-order chi connectivity index (χ1) is 40.4. The van der Waals surface area contributed by atoms with Crippen LogP contribution in [-0.2, 0) is 65.4 Å². The molecule has 0 amide bonds. The molecule has 0 aromatic carbocycles. The molecule has 84 heavy (non-hydrogen) atoms. The minimum absolute atomic E-state index is 0.106. The van der Waals surface area contributed by atoms with E-state index >= 15 is 0 Å². The van der Waals surface area contributed by atoms with E-state index in [1.165, 1.54) is 135 Å².